The number of aromatic nitrogens is 8. The van der Waals surface area contributed by atoms with Crippen LogP contribution in [-0.2, 0) is 19.1 Å². The number of amides is 4. The van der Waals surface area contributed by atoms with Crippen molar-refractivity contribution in [3.05, 3.63) is 120 Å². The van der Waals surface area contributed by atoms with Crippen molar-refractivity contribution < 1.29 is 86.4 Å². The number of carboxylic acids is 2. The molecule has 8 aliphatic carbocycles. The third kappa shape index (κ3) is 28.4. The number of methoxy groups -OCH3 is 8. The monoisotopic (exact) mass is 1920 g/mol. The predicted molar refractivity (Wildman–Crippen MR) is 534 cm³/mol. The van der Waals surface area contributed by atoms with E-state index in [2.05, 4.69) is 26.4 Å². The van der Waals surface area contributed by atoms with Gasteiger partial charge in [0.2, 0.25) is 5.91 Å². The number of aliphatic carboxylic acids is 1. The number of carboxylic acid groups (broad SMARTS) is 2. The second-order valence-electron chi connectivity index (χ2n) is 40.2. The summed E-state index contributed by atoms with van der Waals surface area (Å²) in [5.74, 6) is 4.22. The highest BCUT2D eigenvalue weighted by Gasteiger charge is 2.36. The third-order valence-electron chi connectivity index (χ3n) is 29.4. The predicted octanol–water partition coefficient (Wildman–Crippen LogP) is 22.1. The van der Waals surface area contributed by atoms with Crippen molar-refractivity contribution in [1.82, 2.24) is 60.4 Å². The Balaban J connectivity index is 0.000000159. The Hall–Kier alpha value is -11.6. The van der Waals surface area contributed by atoms with Crippen molar-refractivity contribution in [2.24, 2.45) is 17.8 Å². The summed E-state index contributed by atoms with van der Waals surface area (Å²) in [6.07, 6.45) is 44.9. The quantitative estimate of drug-likeness (QED) is 0.0195. The lowest BCUT2D eigenvalue weighted by molar-refractivity contribution is -0.155. The molecule has 756 valence electrons. The number of benzene rings is 4. The molecule has 8 aliphatic rings. The summed E-state index contributed by atoms with van der Waals surface area (Å²) >= 11 is 0. The number of nitrogens with one attached hydrogen (secondary N) is 4. The van der Waals surface area contributed by atoms with Crippen molar-refractivity contribution in [1.29, 1.82) is 0 Å². The topological polar surface area (TPSA) is 362 Å². The maximum Gasteiger partial charge on any atom is 0.356 e. The fourth-order valence-electron chi connectivity index (χ4n) is 21.9. The van der Waals surface area contributed by atoms with Crippen LogP contribution < -0.4 is 59.2 Å². The minimum absolute atomic E-state index is 0.0366. The van der Waals surface area contributed by atoms with Crippen LogP contribution in [-0.4, -0.2) is 178 Å². The Morgan fingerprint density at radius 3 is 0.835 bits per heavy atom. The molecule has 139 heavy (non-hydrogen) atoms. The van der Waals surface area contributed by atoms with Gasteiger partial charge in [-0.05, 0) is 220 Å². The molecule has 6 N–H and O–H groups in total. The SMILES string of the molecule is COc1cccc(OC)c1-c1cc(C(=O)N[C@@H](CCC2CCCCC2)CC(=O)NC2CCC2)nn1C1CCCC1.COc1cccc(OC)c1-c1cc(C(=O)N[C@@H](CCC2CCCCC2)CC(=O)O)nn1C1CCCC1.COc1cccc(OC)c1-c1cc(C(=O)N[C@@H](CCC2CCCCC2)CC(=O)OC(C)(C)C)nn1C1CCCC1.COc1cccc(OC)c1-c1cc(C(=O)O)nn1C1CCCC1. The minimum atomic E-state index is -1.03. The standard InChI is InChI=1S/C32H46N4O4.C32H47N3O5.C28H39N3O5.C17H20N2O4/c1-39-28-16-9-17-29(40-2)31(28)27-21-26(35-36(27)25-14-6-7-15-25)32(38)34-24(19-18-22-10-4-3-5-11-22)20-30(37)33-23-12-8-13-23;1-32(2,3)40-29(36)20-23(19-18-22-12-7-6-8-13-22)33-31(37)25-21-26(35(34-25)24-14-9-10-15-24)30-27(38-4)16-11-17-28(30)39-5;1-35-24-13-8-14-25(36-2)27(24)23-18-22(30-31(23)21-11-6-7-12-21)28(34)29-20(17-26(32)33)16-15-19-9-4-3-5-10-19;1-22-14-8-5-9-15(23-2)16(14)13-10-12(17(20)21)18-19(13)11-6-3-4-7-11/h9,16-17,21-25H,3-8,10-15,18-20H2,1-2H3,(H,33,37)(H,34,38);11,16-17,21-24H,6-10,12-15,18-20H2,1-5H3,(H,33,37);8,13-14,18-21H,3-7,9-12,15-17H2,1-2H3,(H,29,34)(H,32,33);5,8-11H,3-4,6-7H2,1-2H3,(H,20,21)/t24-;23-;20-;/m000./s1. The summed E-state index contributed by atoms with van der Waals surface area (Å²) in [7, 11) is 13.0. The van der Waals surface area contributed by atoms with E-state index in [0.717, 1.165) is 193 Å². The molecule has 8 aromatic rings. The van der Waals surface area contributed by atoms with Crippen LogP contribution in [0.4, 0.5) is 0 Å². The summed E-state index contributed by atoms with van der Waals surface area (Å²) < 4.78 is 58.4. The number of carbonyl (C=O) groups is 7. The molecule has 0 unspecified atom stereocenters. The van der Waals surface area contributed by atoms with Crippen molar-refractivity contribution >= 4 is 41.5 Å². The van der Waals surface area contributed by atoms with E-state index in [0.29, 0.717) is 94.0 Å². The number of esters is 1. The molecule has 16 rings (SSSR count). The summed E-state index contributed by atoms with van der Waals surface area (Å²) in [6, 6.07) is 29.8. The summed E-state index contributed by atoms with van der Waals surface area (Å²) in [5.41, 5.74) is 6.69. The highest BCUT2D eigenvalue weighted by atomic mass is 16.6. The fraction of sp³-hybridized carbons (Fsp3) is 0.606. The summed E-state index contributed by atoms with van der Waals surface area (Å²) in [6.45, 7) is 5.59. The van der Waals surface area contributed by atoms with E-state index in [4.69, 9.17) is 57.9 Å². The van der Waals surface area contributed by atoms with Crippen molar-refractivity contribution in [2.45, 2.75) is 351 Å². The minimum Gasteiger partial charge on any atom is -0.496 e. The zero-order chi connectivity index (χ0) is 98.5. The van der Waals surface area contributed by atoms with Crippen LogP contribution in [0.2, 0.25) is 0 Å². The number of hydrogen-bond acceptors (Lipinski definition) is 20. The molecule has 0 radical (unpaired) electrons. The molecule has 3 atom stereocenters. The first-order valence-electron chi connectivity index (χ1n) is 51.5. The average Bonchev–Trinajstić information content (AvgIpc) is 1.65. The Kier molecular flexibility index (Phi) is 38.8. The number of nitrogens with zero attached hydrogens (tertiary/aromatic N) is 8. The number of ether oxygens (including phenoxy) is 9. The van der Waals surface area contributed by atoms with Gasteiger partial charge in [0.05, 0.1) is 139 Å². The van der Waals surface area contributed by atoms with Gasteiger partial charge in [0, 0.05) is 30.6 Å². The smallest absolute Gasteiger partial charge is 0.356 e. The molecule has 4 amide bonds. The lowest BCUT2D eigenvalue weighted by Gasteiger charge is -2.28. The van der Waals surface area contributed by atoms with E-state index >= 15 is 0 Å². The van der Waals surface area contributed by atoms with Crippen molar-refractivity contribution in [3.8, 4) is 91.0 Å². The summed E-state index contributed by atoms with van der Waals surface area (Å²) in [4.78, 5) is 89.3. The first-order valence-corrected chi connectivity index (χ1v) is 51.5. The first kappa shape index (κ1) is 105. The van der Waals surface area contributed by atoms with Gasteiger partial charge in [0.25, 0.3) is 17.7 Å². The fourth-order valence-corrected chi connectivity index (χ4v) is 21.9. The van der Waals surface area contributed by atoms with Crippen LogP contribution in [0.1, 0.15) is 363 Å². The summed E-state index contributed by atoms with van der Waals surface area (Å²) in [5, 5.41) is 50.1. The molecular formula is C109H152N12O18. The first-order chi connectivity index (χ1) is 67.4. The van der Waals surface area contributed by atoms with Crippen LogP contribution >= 0.6 is 0 Å². The van der Waals surface area contributed by atoms with Crippen LogP contribution in [0.5, 0.6) is 46.0 Å². The highest BCUT2D eigenvalue weighted by molar-refractivity contribution is 5.97. The molecule has 0 spiro atoms. The third-order valence-corrected chi connectivity index (χ3v) is 29.4. The van der Waals surface area contributed by atoms with Crippen LogP contribution in [0.15, 0.2) is 97.1 Å². The second kappa shape index (κ2) is 51.5. The lowest BCUT2D eigenvalue weighted by atomic mass is 9.85. The molecule has 0 saturated heterocycles. The number of rotatable bonds is 39. The van der Waals surface area contributed by atoms with Crippen LogP contribution in [0.25, 0.3) is 45.0 Å². The molecular weight excluding hydrogens is 1770 g/mol. The van der Waals surface area contributed by atoms with Gasteiger partial charge in [-0.1, -0.05) is 172 Å². The van der Waals surface area contributed by atoms with Gasteiger partial charge in [0.1, 0.15) is 51.6 Å². The Labute approximate surface area is 820 Å². The Morgan fingerprint density at radius 2 is 0.590 bits per heavy atom. The van der Waals surface area contributed by atoms with Gasteiger partial charge in [-0.2, -0.15) is 20.4 Å². The van der Waals surface area contributed by atoms with E-state index in [1.807, 2.05) is 124 Å². The van der Waals surface area contributed by atoms with Crippen molar-refractivity contribution in [2.75, 3.05) is 56.9 Å². The van der Waals surface area contributed by atoms with Gasteiger partial charge in [-0.15, -0.1) is 0 Å². The highest BCUT2D eigenvalue weighted by Crippen LogP contribution is 2.48. The number of carbonyl (C=O) groups excluding carboxylic acids is 5. The van der Waals surface area contributed by atoms with E-state index in [9.17, 15) is 43.8 Å². The Morgan fingerprint density at radius 1 is 0.338 bits per heavy atom. The van der Waals surface area contributed by atoms with Crippen LogP contribution in [0.3, 0.4) is 0 Å². The molecule has 30 heteroatoms. The number of hydrogen-bond donors (Lipinski definition) is 6. The van der Waals surface area contributed by atoms with E-state index in [-0.39, 0.29) is 90.1 Å². The zero-order valence-electron chi connectivity index (χ0n) is 84.0. The normalized spacial score (nSPS) is 17.5. The zero-order valence-corrected chi connectivity index (χ0v) is 84.0. The second-order valence-corrected chi connectivity index (χ2v) is 40.2. The van der Waals surface area contributed by atoms with E-state index < -0.39 is 23.6 Å². The molecule has 30 nitrogen and oxygen atoms in total. The molecule has 4 aromatic carbocycles. The van der Waals surface area contributed by atoms with E-state index in [1.54, 1.807) is 69.0 Å². The van der Waals surface area contributed by atoms with Gasteiger partial charge in [0.15, 0.2) is 22.8 Å². The Bertz CT molecular complexity index is 5240. The molecule has 0 aliphatic heterocycles. The molecule has 8 fully saturated rings. The maximum atomic E-state index is 13.7. The molecule has 4 heterocycles. The largest absolute Gasteiger partial charge is 0.496 e. The van der Waals surface area contributed by atoms with Gasteiger partial charge >= 0.3 is 17.9 Å². The van der Waals surface area contributed by atoms with Crippen molar-refractivity contribution in [3.63, 3.8) is 0 Å². The van der Waals surface area contributed by atoms with E-state index in [1.165, 1.54) is 103 Å². The number of aromatic carboxylic acids is 1. The molecule has 0 bridgehead atoms. The van der Waals surface area contributed by atoms with Gasteiger partial charge in [-0.25, -0.2) is 4.79 Å². The lowest BCUT2D eigenvalue weighted by Crippen LogP contribution is -2.44. The van der Waals surface area contributed by atoms with Gasteiger partial charge < -0.3 is 74.1 Å². The van der Waals surface area contributed by atoms with Gasteiger partial charge in [-0.3, -0.25) is 47.5 Å². The van der Waals surface area contributed by atoms with Crippen LogP contribution in [0, 0.1) is 17.8 Å². The average molecular weight is 1920 g/mol. The maximum absolute atomic E-state index is 13.7. The molecule has 4 aromatic heterocycles. The molecule has 8 saturated carbocycles.